The Kier molecular flexibility index (Phi) is 10.2. The second-order valence-corrected chi connectivity index (χ2v) is 10.2. The summed E-state index contributed by atoms with van der Waals surface area (Å²) in [6.45, 7) is 8.63. The van der Waals surface area contributed by atoms with E-state index in [4.69, 9.17) is 9.47 Å². The van der Waals surface area contributed by atoms with Crippen molar-refractivity contribution < 1.29 is 9.47 Å². The predicted molar refractivity (Wildman–Crippen MR) is 167 cm³/mol. The largest absolute Gasteiger partial charge is 0.455 e. The molecule has 40 heavy (non-hydrogen) atoms. The van der Waals surface area contributed by atoms with Crippen LogP contribution in [0.1, 0.15) is 62.3 Å². The van der Waals surface area contributed by atoms with Gasteiger partial charge in [-0.05, 0) is 65.8 Å². The van der Waals surface area contributed by atoms with E-state index in [9.17, 15) is 0 Å². The fourth-order valence-electron chi connectivity index (χ4n) is 4.83. The summed E-state index contributed by atoms with van der Waals surface area (Å²) in [4.78, 5) is 0. The molecule has 0 aliphatic rings. The van der Waals surface area contributed by atoms with Gasteiger partial charge in [0.15, 0.2) is 0 Å². The van der Waals surface area contributed by atoms with Gasteiger partial charge >= 0.3 is 0 Å². The molecule has 204 valence electrons. The fourth-order valence-corrected chi connectivity index (χ4v) is 4.83. The summed E-state index contributed by atoms with van der Waals surface area (Å²) in [5, 5.41) is 0. The van der Waals surface area contributed by atoms with Gasteiger partial charge in [-0.1, -0.05) is 135 Å². The first kappa shape index (κ1) is 28.7. The maximum Gasteiger partial charge on any atom is 0.238 e. The molecule has 2 heteroatoms. The zero-order valence-corrected chi connectivity index (χ0v) is 24.0. The first-order valence-electron chi connectivity index (χ1n) is 14.2. The Morgan fingerprint density at radius 2 is 0.850 bits per heavy atom. The molecule has 0 aliphatic carbocycles. The zero-order valence-electron chi connectivity index (χ0n) is 24.0. The van der Waals surface area contributed by atoms with Gasteiger partial charge in [0.1, 0.15) is 11.5 Å². The molecule has 2 unspecified atom stereocenters. The molecule has 0 N–H and O–H groups in total. The third kappa shape index (κ3) is 7.42. The average Bonchev–Trinajstić information content (AvgIpc) is 3.02. The molecule has 0 bridgehead atoms. The van der Waals surface area contributed by atoms with Gasteiger partial charge in [-0.15, -0.1) is 0 Å². The van der Waals surface area contributed by atoms with E-state index in [2.05, 4.69) is 124 Å². The van der Waals surface area contributed by atoms with Crippen molar-refractivity contribution in [3.63, 3.8) is 0 Å². The van der Waals surface area contributed by atoms with Gasteiger partial charge in [-0.3, -0.25) is 0 Å². The van der Waals surface area contributed by atoms with Crippen molar-refractivity contribution in [2.24, 2.45) is 0 Å². The van der Waals surface area contributed by atoms with Crippen LogP contribution in [0, 0.1) is 0 Å². The number of hydrogen-bond acceptors (Lipinski definition) is 2. The van der Waals surface area contributed by atoms with Gasteiger partial charge in [-0.2, -0.15) is 0 Å². The van der Waals surface area contributed by atoms with Crippen molar-refractivity contribution in [3.05, 3.63) is 168 Å². The quantitative estimate of drug-likeness (QED) is 0.140. The van der Waals surface area contributed by atoms with Crippen LogP contribution in [0.4, 0.5) is 0 Å². The molecular formula is C38H40O2. The molecule has 2 nitrogen and oxygen atoms in total. The van der Waals surface area contributed by atoms with E-state index in [1.807, 2.05) is 49.4 Å². The number of benzene rings is 5. The Bertz CT molecular complexity index is 1290. The van der Waals surface area contributed by atoms with Gasteiger partial charge in [0, 0.05) is 12.3 Å². The van der Waals surface area contributed by atoms with Crippen LogP contribution in [0.2, 0.25) is 0 Å². The number of ether oxygens (including phenoxy) is 2. The summed E-state index contributed by atoms with van der Waals surface area (Å²) in [7, 11) is 0. The Hall–Kier alpha value is -4.30. The van der Waals surface area contributed by atoms with Crippen LogP contribution in [-0.2, 0) is 5.41 Å². The third-order valence-electron chi connectivity index (χ3n) is 7.46. The van der Waals surface area contributed by atoms with Gasteiger partial charge in [-0.25, -0.2) is 0 Å². The summed E-state index contributed by atoms with van der Waals surface area (Å²) in [5.41, 5.74) is 5.17. The van der Waals surface area contributed by atoms with Crippen molar-refractivity contribution >= 4 is 0 Å². The molecule has 0 radical (unpaired) electrons. The molecule has 0 saturated carbocycles. The molecule has 0 fully saturated rings. The molecule has 0 amide bonds. The lowest BCUT2D eigenvalue weighted by Gasteiger charge is -2.31. The summed E-state index contributed by atoms with van der Waals surface area (Å²) in [5.74, 6) is 2.23. The van der Waals surface area contributed by atoms with Crippen molar-refractivity contribution in [1.29, 1.82) is 0 Å². The maximum absolute atomic E-state index is 5.76. The van der Waals surface area contributed by atoms with Gasteiger partial charge in [0.05, 0.1) is 0 Å². The lowest BCUT2D eigenvalue weighted by Crippen LogP contribution is -2.25. The minimum Gasteiger partial charge on any atom is -0.455 e. The minimum atomic E-state index is -0.313. The van der Waals surface area contributed by atoms with E-state index in [0.29, 0.717) is 5.92 Å². The smallest absolute Gasteiger partial charge is 0.238 e. The molecule has 0 heterocycles. The summed E-state index contributed by atoms with van der Waals surface area (Å²) in [6.07, 6.45) is 0.833. The zero-order chi connectivity index (χ0) is 28.2. The highest BCUT2D eigenvalue weighted by Crippen LogP contribution is 2.38. The van der Waals surface area contributed by atoms with Crippen LogP contribution in [0.5, 0.6) is 11.5 Å². The van der Waals surface area contributed by atoms with E-state index < -0.39 is 0 Å². The SMILES string of the molecule is CC(c1ccccc1)(c1ccccc1)c1ccccc1.CCC(C)c1ccc(OC(C)Oc2ccccc2)cc1. The average molecular weight is 529 g/mol. The Morgan fingerprint density at radius 1 is 0.500 bits per heavy atom. The van der Waals surface area contributed by atoms with Crippen molar-refractivity contribution in [3.8, 4) is 11.5 Å². The van der Waals surface area contributed by atoms with Crippen molar-refractivity contribution in [1.82, 2.24) is 0 Å². The van der Waals surface area contributed by atoms with Crippen LogP contribution in [0.3, 0.4) is 0 Å². The Labute approximate surface area is 240 Å². The highest BCUT2D eigenvalue weighted by molar-refractivity contribution is 5.49. The molecule has 5 aromatic carbocycles. The second-order valence-electron chi connectivity index (χ2n) is 10.2. The summed E-state index contributed by atoms with van der Waals surface area (Å²) < 4.78 is 11.5. The molecule has 0 spiro atoms. The molecule has 5 rings (SSSR count). The van der Waals surface area contributed by atoms with E-state index >= 15 is 0 Å². The summed E-state index contributed by atoms with van der Waals surface area (Å²) in [6, 6.07) is 50.1. The topological polar surface area (TPSA) is 18.5 Å². The molecule has 0 saturated heterocycles. The molecular weight excluding hydrogens is 488 g/mol. The fraction of sp³-hybridized carbons (Fsp3) is 0.211. The number of para-hydroxylation sites is 1. The van der Waals surface area contributed by atoms with Gasteiger partial charge in [0.25, 0.3) is 0 Å². The molecule has 0 aliphatic heterocycles. The lowest BCUT2D eigenvalue weighted by molar-refractivity contribution is 0.0223. The first-order valence-corrected chi connectivity index (χ1v) is 14.2. The Balaban J connectivity index is 0.000000185. The second kappa shape index (κ2) is 14.2. The number of rotatable bonds is 9. The minimum absolute atomic E-state index is 0.121. The number of hydrogen-bond donors (Lipinski definition) is 0. The summed E-state index contributed by atoms with van der Waals surface area (Å²) >= 11 is 0. The monoisotopic (exact) mass is 528 g/mol. The van der Waals surface area contributed by atoms with Crippen molar-refractivity contribution in [2.45, 2.75) is 51.7 Å². The van der Waals surface area contributed by atoms with E-state index in [-0.39, 0.29) is 11.7 Å². The molecule has 0 aromatic heterocycles. The van der Waals surface area contributed by atoms with Crippen LogP contribution >= 0.6 is 0 Å². The van der Waals surface area contributed by atoms with Crippen LogP contribution in [-0.4, -0.2) is 6.29 Å². The normalized spacial score (nSPS) is 12.4. The molecule has 2 atom stereocenters. The lowest BCUT2D eigenvalue weighted by atomic mass is 9.71. The standard InChI is InChI=1S/C20H18.C18H22O2/c1-20(17-11-5-2-6-12-17,18-13-7-3-8-14-18)19-15-9-4-10-16-19;1-4-14(2)16-10-12-18(13-11-16)20-15(3)19-17-8-6-5-7-9-17/h2-16H,1H3;5-15H,4H2,1-3H3. The van der Waals surface area contributed by atoms with Gasteiger partial charge in [0.2, 0.25) is 6.29 Å². The van der Waals surface area contributed by atoms with Crippen LogP contribution < -0.4 is 9.47 Å². The first-order chi connectivity index (χ1) is 19.5. The Morgan fingerprint density at radius 3 is 1.23 bits per heavy atom. The highest BCUT2D eigenvalue weighted by Gasteiger charge is 2.30. The molecule has 5 aromatic rings. The van der Waals surface area contributed by atoms with Crippen LogP contribution in [0.25, 0.3) is 0 Å². The van der Waals surface area contributed by atoms with Gasteiger partial charge < -0.3 is 9.47 Å². The maximum atomic E-state index is 5.76. The van der Waals surface area contributed by atoms with E-state index in [0.717, 1.165) is 17.9 Å². The predicted octanol–water partition coefficient (Wildman–Crippen LogP) is 10.0. The van der Waals surface area contributed by atoms with E-state index in [1.54, 1.807) is 0 Å². The van der Waals surface area contributed by atoms with E-state index in [1.165, 1.54) is 22.3 Å². The third-order valence-corrected chi connectivity index (χ3v) is 7.46. The highest BCUT2D eigenvalue weighted by atomic mass is 16.7. The van der Waals surface area contributed by atoms with Crippen molar-refractivity contribution in [2.75, 3.05) is 0 Å². The van der Waals surface area contributed by atoms with Crippen LogP contribution in [0.15, 0.2) is 146 Å².